The van der Waals surface area contributed by atoms with Gasteiger partial charge in [-0.25, -0.2) is 0 Å². The van der Waals surface area contributed by atoms with Gasteiger partial charge in [0.1, 0.15) is 6.04 Å². The van der Waals surface area contributed by atoms with Crippen molar-refractivity contribution in [2.24, 2.45) is 0 Å². The second kappa shape index (κ2) is 11.5. The van der Waals surface area contributed by atoms with Crippen molar-refractivity contribution in [1.29, 1.82) is 0 Å². The van der Waals surface area contributed by atoms with Crippen LogP contribution in [0.5, 0.6) is 0 Å². The van der Waals surface area contributed by atoms with Crippen molar-refractivity contribution in [2.45, 2.75) is 72.5 Å². The third-order valence-corrected chi connectivity index (χ3v) is 6.39. The van der Waals surface area contributed by atoms with Crippen molar-refractivity contribution < 1.29 is 9.59 Å². The molecule has 168 valence electrons. The monoisotopic (exact) mass is 462 g/mol. The average Bonchev–Trinajstić information content (AvgIpc) is 2.72. The van der Waals surface area contributed by atoms with Crippen LogP contribution in [0.3, 0.4) is 0 Å². The Balaban J connectivity index is 2.34. The van der Waals surface area contributed by atoms with E-state index in [0.717, 1.165) is 23.1 Å². The molecule has 0 spiro atoms. The number of halogens is 2. The van der Waals surface area contributed by atoms with Gasteiger partial charge < -0.3 is 10.2 Å². The minimum absolute atomic E-state index is 0.0447. The zero-order chi connectivity index (χ0) is 23.1. The predicted molar refractivity (Wildman–Crippen MR) is 129 cm³/mol. The summed E-state index contributed by atoms with van der Waals surface area (Å²) in [5.41, 5.74) is 4.09. The van der Waals surface area contributed by atoms with Gasteiger partial charge in [-0.15, -0.1) is 0 Å². The summed E-state index contributed by atoms with van der Waals surface area (Å²) < 4.78 is 0. The Hall–Kier alpha value is -2.04. The Kier molecular flexibility index (Phi) is 9.39. The molecule has 0 aliphatic carbocycles. The van der Waals surface area contributed by atoms with Crippen molar-refractivity contribution in [1.82, 2.24) is 10.2 Å². The Bertz CT molecular complexity index is 930. The second-order valence-electron chi connectivity index (χ2n) is 8.11. The number of aryl methyl sites for hydroxylation is 2. The maximum Gasteiger partial charge on any atom is 0.243 e. The number of carbonyl (C=O) groups is 2. The van der Waals surface area contributed by atoms with Gasteiger partial charge >= 0.3 is 0 Å². The van der Waals surface area contributed by atoms with E-state index in [1.54, 1.807) is 17.0 Å². The van der Waals surface area contributed by atoms with Crippen molar-refractivity contribution in [3.8, 4) is 0 Å². The quantitative estimate of drug-likeness (QED) is 0.505. The van der Waals surface area contributed by atoms with Gasteiger partial charge in [-0.05, 0) is 68.0 Å². The predicted octanol–water partition coefficient (Wildman–Crippen LogP) is 5.87. The zero-order valence-corrected chi connectivity index (χ0v) is 20.5. The van der Waals surface area contributed by atoms with E-state index in [2.05, 4.69) is 5.32 Å². The van der Waals surface area contributed by atoms with Crippen LogP contribution >= 0.6 is 23.2 Å². The van der Waals surface area contributed by atoms with Crippen LogP contribution in [-0.2, 0) is 22.6 Å². The van der Waals surface area contributed by atoms with Crippen LogP contribution in [0, 0.1) is 13.8 Å². The van der Waals surface area contributed by atoms with Gasteiger partial charge in [0, 0.05) is 12.6 Å². The number of amides is 2. The molecule has 0 unspecified atom stereocenters. The third-order valence-electron chi connectivity index (χ3n) is 5.65. The van der Waals surface area contributed by atoms with Crippen LogP contribution in [0.1, 0.15) is 55.9 Å². The Morgan fingerprint density at radius 3 is 2.19 bits per heavy atom. The van der Waals surface area contributed by atoms with E-state index < -0.39 is 6.04 Å². The Morgan fingerprint density at radius 1 is 0.935 bits per heavy atom. The minimum atomic E-state index is -0.567. The molecule has 0 aliphatic heterocycles. The molecule has 4 nitrogen and oxygen atoms in total. The summed E-state index contributed by atoms with van der Waals surface area (Å²) in [6, 6.07) is 10.8. The van der Waals surface area contributed by atoms with Crippen molar-refractivity contribution in [3.05, 3.63) is 68.7 Å². The van der Waals surface area contributed by atoms with E-state index in [-0.39, 0.29) is 30.8 Å². The number of hydrogen-bond donors (Lipinski definition) is 1. The van der Waals surface area contributed by atoms with Crippen LogP contribution in [0.4, 0.5) is 0 Å². The second-order valence-corrected chi connectivity index (χ2v) is 8.92. The van der Waals surface area contributed by atoms with Gasteiger partial charge in [0.05, 0.1) is 16.5 Å². The van der Waals surface area contributed by atoms with Gasteiger partial charge in [0.2, 0.25) is 11.8 Å². The summed E-state index contributed by atoms with van der Waals surface area (Å²) in [7, 11) is 0. The minimum Gasteiger partial charge on any atom is -0.352 e. The average molecular weight is 463 g/mol. The van der Waals surface area contributed by atoms with Crippen LogP contribution in [0.2, 0.25) is 10.0 Å². The molecule has 2 aromatic carbocycles. The lowest BCUT2D eigenvalue weighted by Gasteiger charge is -2.31. The van der Waals surface area contributed by atoms with Crippen LogP contribution in [-0.4, -0.2) is 28.8 Å². The first kappa shape index (κ1) is 25.2. The fraction of sp³-hybridized carbons (Fsp3) is 0.440. The molecule has 31 heavy (non-hydrogen) atoms. The topological polar surface area (TPSA) is 49.4 Å². The molecule has 0 aromatic heterocycles. The lowest BCUT2D eigenvalue weighted by molar-refractivity contribution is -0.141. The molecule has 6 heteroatoms. The van der Waals surface area contributed by atoms with E-state index in [1.165, 1.54) is 5.56 Å². The summed E-state index contributed by atoms with van der Waals surface area (Å²) in [5, 5.41) is 3.91. The Labute approximate surface area is 195 Å². The molecule has 2 rings (SSSR count). The van der Waals surface area contributed by atoms with Crippen LogP contribution < -0.4 is 5.32 Å². The number of carbonyl (C=O) groups excluding carboxylic acids is 2. The van der Waals surface area contributed by atoms with E-state index in [9.17, 15) is 9.59 Å². The van der Waals surface area contributed by atoms with E-state index >= 15 is 0 Å². The summed E-state index contributed by atoms with van der Waals surface area (Å²) in [4.78, 5) is 28.1. The number of hydrogen-bond acceptors (Lipinski definition) is 2. The summed E-state index contributed by atoms with van der Waals surface area (Å²) >= 11 is 12.2. The first-order valence-corrected chi connectivity index (χ1v) is 11.5. The van der Waals surface area contributed by atoms with Crippen molar-refractivity contribution >= 4 is 35.0 Å². The number of benzene rings is 2. The molecule has 0 radical (unpaired) electrons. The van der Waals surface area contributed by atoms with Crippen LogP contribution in [0.25, 0.3) is 0 Å². The van der Waals surface area contributed by atoms with E-state index in [1.807, 2.05) is 58.9 Å². The molecular weight excluding hydrogens is 431 g/mol. The third kappa shape index (κ3) is 6.98. The molecule has 0 fully saturated rings. The lowest BCUT2D eigenvalue weighted by atomic mass is 10.0. The maximum atomic E-state index is 13.4. The normalized spacial score (nSPS) is 12.9. The summed E-state index contributed by atoms with van der Waals surface area (Å²) in [6.07, 6.45) is 1.57. The molecule has 0 saturated carbocycles. The highest BCUT2D eigenvalue weighted by Crippen LogP contribution is 2.24. The molecule has 2 aromatic rings. The van der Waals surface area contributed by atoms with Gasteiger partial charge in [-0.2, -0.15) is 0 Å². The van der Waals surface area contributed by atoms with Gasteiger partial charge in [0.15, 0.2) is 0 Å². The molecule has 1 N–H and O–H groups in total. The summed E-state index contributed by atoms with van der Waals surface area (Å²) in [6.45, 7) is 10.3. The standard InChI is InChI=1S/C25H32Cl2N2O2/c1-6-18(5)28-25(31)23(7-2)29(15-20-10-11-21(26)22(27)13-20)24(30)14-19-9-8-16(3)17(4)12-19/h8-13,18,23H,6-7,14-15H2,1-5H3,(H,28,31)/t18-,23+/m1/s1. The molecular formula is C25H32Cl2N2O2. The maximum absolute atomic E-state index is 13.4. The van der Waals surface area contributed by atoms with Gasteiger partial charge in [-0.3, -0.25) is 9.59 Å². The van der Waals surface area contributed by atoms with Gasteiger partial charge in [-0.1, -0.05) is 61.3 Å². The Morgan fingerprint density at radius 2 is 1.61 bits per heavy atom. The molecule has 0 bridgehead atoms. The molecule has 0 saturated heterocycles. The highest BCUT2D eigenvalue weighted by Gasteiger charge is 2.29. The largest absolute Gasteiger partial charge is 0.352 e. The lowest BCUT2D eigenvalue weighted by Crippen LogP contribution is -2.51. The van der Waals surface area contributed by atoms with Crippen molar-refractivity contribution in [3.63, 3.8) is 0 Å². The van der Waals surface area contributed by atoms with Crippen LogP contribution in [0.15, 0.2) is 36.4 Å². The number of rotatable bonds is 9. The first-order valence-electron chi connectivity index (χ1n) is 10.8. The highest BCUT2D eigenvalue weighted by molar-refractivity contribution is 6.42. The highest BCUT2D eigenvalue weighted by atomic mass is 35.5. The molecule has 2 amide bonds. The van der Waals surface area contributed by atoms with Crippen molar-refractivity contribution in [2.75, 3.05) is 0 Å². The first-order chi connectivity index (χ1) is 14.7. The smallest absolute Gasteiger partial charge is 0.243 e. The fourth-order valence-electron chi connectivity index (χ4n) is 3.38. The molecule has 0 heterocycles. The number of nitrogens with zero attached hydrogens (tertiary/aromatic N) is 1. The van der Waals surface area contributed by atoms with Gasteiger partial charge in [0.25, 0.3) is 0 Å². The molecule has 0 aliphatic rings. The molecule has 2 atom stereocenters. The zero-order valence-electron chi connectivity index (χ0n) is 19.0. The van der Waals surface area contributed by atoms with E-state index in [4.69, 9.17) is 23.2 Å². The summed E-state index contributed by atoms with van der Waals surface area (Å²) in [5.74, 6) is -0.231. The van der Waals surface area contributed by atoms with E-state index in [0.29, 0.717) is 16.5 Å². The fourth-order valence-corrected chi connectivity index (χ4v) is 3.71. The SMILES string of the molecule is CC[C@@H](C)NC(=O)[C@H](CC)N(Cc1ccc(Cl)c(Cl)c1)C(=O)Cc1ccc(C)c(C)c1. The number of nitrogens with one attached hydrogen (secondary N) is 1.